The summed E-state index contributed by atoms with van der Waals surface area (Å²) in [6.45, 7) is 3.28. The average Bonchev–Trinajstić information content (AvgIpc) is 3.10. The van der Waals surface area contributed by atoms with Crippen LogP contribution in [0.1, 0.15) is 17.2 Å². The quantitative estimate of drug-likeness (QED) is 0.714. The van der Waals surface area contributed by atoms with E-state index in [-0.39, 0.29) is 24.2 Å². The van der Waals surface area contributed by atoms with Crippen molar-refractivity contribution in [1.29, 1.82) is 0 Å². The average molecular weight is 411 g/mol. The molecular weight excluding hydrogens is 392 g/mol. The highest BCUT2D eigenvalue weighted by molar-refractivity contribution is 7.08. The first-order chi connectivity index (χ1) is 12.0. The second kappa shape index (κ2) is 9.03. The SMILES string of the molecule is Cl.FC(F)C(F)(F)Oc1cccc([C@H](c2ccsc2)N2CCNCC2)c1. The molecule has 9 heteroatoms. The van der Waals surface area contributed by atoms with Gasteiger partial charge in [0, 0.05) is 26.2 Å². The van der Waals surface area contributed by atoms with Gasteiger partial charge in [-0.3, -0.25) is 4.90 Å². The van der Waals surface area contributed by atoms with E-state index < -0.39 is 12.5 Å². The van der Waals surface area contributed by atoms with E-state index in [9.17, 15) is 17.6 Å². The fourth-order valence-corrected chi connectivity index (χ4v) is 3.61. The summed E-state index contributed by atoms with van der Waals surface area (Å²) < 4.78 is 55.4. The normalized spacial score (nSPS) is 17.0. The van der Waals surface area contributed by atoms with E-state index in [0.717, 1.165) is 37.3 Å². The molecule has 1 fully saturated rings. The van der Waals surface area contributed by atoms with Gasteiger partial charge in [0.2, 0.25) is 0 Å². The highest BCUT2D eigenvalue weighted by Crippen LogP contribution is 2.34. The number of benzene rings is 1. The number of thiophene rings is 1. The molecule has 26 heavy (non-hydrogen) atoms. The minimum Gasteiger partial charge on any atom is -0.428 e. The topological polar surface area (TPSA) is 24.5 Å². The molecule has 144 valence electrons. The molecule has 1 aromatic carbocycles. The molecule has 0 unspecified atom stereocenters. The largest absolute Gasteiger partial charge is 0.461 e. The number of piperazine rings is 1. The summed E-state index contributed by atoms with van der Waals surface area (Å²) in [5.74, 6) is -0.266. The molecule has 1 aliphatic rings. The second-order valence-corrected chi connectivity index (χ2v) is 6.56. The maximum absolute atomic E-state index is 13.2. The van der Waals surface area contributed by atoms with Crippen LogP contribution >= 0.6 is 23.7 Å². The highest BCUT2D eigenvalue weighted by Gasteiger charge is 2.44. The number of ether oxygens (including phenoxy) is 1. The van der Waals surface area contributed by atoms with E-state index in [2.05, 4.69) is 15.0 Å². The van der Waals surface area contributed by atoms with Gasteiger partial charge in [0.05, 0.1) is 6.04 Å². The monoisotopic (exact) mass is 410 g/mol. The summed E-state index contributed by atoms with van der Waals surface area (Å²) in [4.78, 5) is 2.24. The van der Waals surface area contributed by atoms with Crippen LogP contribution in [0.25, 0.3) is 0 Å². The van der Waals surface area contributed by atoms with Crippen LogP contribution in [0.15, 0.2) is 41.1 Å². The van der Waals surface area contributed by atoms with Crippen LogP contribution in [0.2, 0.25) is 0 Å². The second-order valence-electron chi connectivity index (χ2n) is 5.78. The molecule has 3 nitrogen and oxygen atoms in total. The fourth-order valence-electron chi connectivity index (χ4n) is 2.93. The minimum atomic E-state index is -4.51. The van der Waals surface area contributed by atoms with E-state index in [4.69, 9.17) is 0 Å². The first kappa shape index (κ1) is 21.0. The van der Waals surface area contributed by atoms with Gasteiger partial charge >= 0.3 is 12.5 Å². The molecule has 1 atom stereocenters. The Balaban J connectivity index is 0.00000243. The molecule has 2 aromatic rings. The Morgan fingerprint density at radius 2 is 1.85 bits per heavy atom. The van der Waals surface area contributed by atoms with Crippen LogP contribution in [0.5, 0.6) is 5.75 Å². The Hall–Kier alpha value is -1.35. The van der Waals surface area contributed by atoms with Gasteiger partial charge in [0.15, 0.2) is 0 Å². The molecule has 1 aromatic heterocycles. The molecule has 1 aliphatic heterocycles. The minimum absolute atomic E-state index is 0. The van der Waals surface area contributed by atoms with E-state index in [1.54, 1.807) is 23.5 Å². The zero-order chi connectivity index (χ0) is 17.9. The third-order valence-electron chi connectivity index (χ3n) is 4.06. The van der Waals surface area contributed by atoms with Gasteiger partial charge in [0.25, 0.3) is 0 Å². The van der Waals surface area contributed by atoms with Crippen LogP contribution in [0.3, 0.4) is 0 Å². The molecule has 1 saturated heterocycles. The highest BCUT2D eigenvalue weighted by atomic mass is 35.5. The number of halogens is 5. The van der Waals surface area contributed by atoms with E-state index in [0.29, 0.717) is 0 Å². The molecule has 0 saturated carbocycles. The van der Waals surface area contributed by atoms with Crippen LogP contribution in [0, 0.1) is 0 Å². The zero-order valence-corrected chi connectivity index (χ0v) is 15.3. The van der Waals surface area contributed by atoms with Gasteiger partial charge in [-0.15, -0.1) is 12.4 Å². The van der Waals surface area contributed by atoms with Crippen LogP contribution in [0.4, 0.5) is 17.6 Å². The van der Waals surface area contributed by atoms with E-state index >= 15 is 0 Å². The third kappa shape index (κ3) is 4.88. The van der Waals surface area contributed by atoms with Gasteiger partial charge in [-0.25, -0.2) is 0 Å². The summed E-state index contributed by atoms with van der Waals surface area (Å²) in [5.41, 5.74) is 1.78. The molecule has 0 radical (unpaired) electrons. The van der Waals surface area contributed by atoms with Crippen molar-refractivity contribution in [2.24, 2.45) is 0 Å². The fraction of sp³-hybridized carbons (Fsp3) is 0.412. The van der Waals surface area contributed by atoms with Gasteiger partial charge in [-0.1, -0.05) is 12.1 Å². The number of hydrogen-bond acceptors (Lipinski definition) is 4. The molecule has 3 rings (SSSR count). The van der Waals surface area contributed by atoms with Crippen molar-refractivity contribution in [2.75, 3.05) is 26.2 Å². The van der Waals surface area contributed by atoms with Gasteiger partial charge in [0.1, 0.15) is 5.75 Å². The van der Waals surface area contributed by atoms with E-state index in [1.807, 2.05) is 16.8 Å². The van der Waals surface area contributed by atoms with Crippen LogP contribution in [-0.4, -0.2) is 43.6 Å². The number of rotatable bonds is 6. The molecule has 0 bridgehead atoms. The zero-order valence-electron chi connectivity index (χ0n) is 13.7. The maximum Gasteiger partial charge on any atom is 0.461 e. The molecule has 1 N–H and O–H groups in total. The number of alkyl halides is 4. The van der Waals surface area contributed by atoms with Gasteiger partial charge in [-0.2, -0.15) is 28.9 Å². The summed E-state index contributed by atoms with van der Waals surface area (Å²) in [7, 11) is 0. The Morgan fingerprint density at radius 3 is 2.46 bits per heavy atom. The lowest BCUT2D eigenvalue weighted by Gasteiger charge is -2.35. The summed E-state index contributed by atoms with van der Waals surface area (Å²) in [6.07, 6.45) is -8.39. The van der Waals surface area contributed by atoms with Crippen LogP contribution in [-0.2, 0) is 0 Å². The molecule has 0 spiro atoms. The van der Waals surface area contributed by atoms with E-state index in [1.165, 1.54) is 12.1 Å². The Morgan fingerprint density at radius 1 is 1.12 bits per heavy atom. The van der Waals surface area contributed by atoms with Crippen LogP contribution < -0.4 is 10.1 Å². The first-order valence-corrected chi connectivity index (χ1v) is 8.83. The van der Waals surface area contributed by atoms with Crippen molar-refractivity contribution in [1.82, 2.24) is 10.2 Å². The number of hydrogen-bond donors (Lipinski definition) is 1. The first-order valence-electron chi connectivity index (χ1n) is 7.89. The summed E-state index contributed by atoms with van der Waals surface area (Å²) in [5, 5.41) is 7.24. The van der Waals surface area contributed by atoms with Gasteiger partial charge in [-0.05, 0) is 40.1 Å². The van der Waals surface area contributed by atoms with Crippen molar-refractivity contribution >= 4 is 23.7 Å². The predicted molar refractivity (Wildman–Crippen MR) is 95.9 cm³/mol. The van der Waals surface area contributed by atoms with Crippen molar-refractivity contribution in [3.63, 3.8) is 0 Å². The summed E-state index contributed by atoms with van der Waals surface area (Å²) in [6, 6.07) is 7.89. The molecule has 0 aliphatic carbocycles. The van der Waals surface area contributed by atoms with Crippen molar-refractivity contribution in [3.05, 3.63) is 52.2 Å². The smallest absolute Gasteiger partial charge is 0.428 e. The standard InChI is InChI=1S/C17H18F4N2OS.ClH/c18-16(19)17(20,21)24-14-3-1-2-12(10-14)15(13-4-9-25-11-13)23-7-5-22-6-8-23;/h1-4,9-11,15-16,22H,5-8H2;1H/t15-;/m1./s1. The van der Waals surface area contributed by atoms with Gasteiger partial charge < -0.3 is 10.1 Å². The Kier molecular flexibility index (Phi) is 7.28. The Labute approximate surface area is 159 Å². The lowest BCUT2D eigenvalue weighted by atomic mass is 9.98. The van der Waals surface area contributed by atoms with Crippen molar-refractivity contribution in [3.8, 4) is 5.75 Å². The Bertz CT molecular complexity index is 681. The molecular formula is C17H19ClF4N2OS. The van der Waals surface area contributed by atoms with Crippen molar-refractivity contribution < 1.29 is 22.3 Å². The van der Waals surface area contributed by atoms with Crippen molar-refractivity contribution in [2.45, 2.75) is 18.6 Å². The lowest BCUT2D eigenvalue weighted by molar-refractivity contribution is -0.253. The summed E-state index contributed by atoms with van der Waals surface area (Å²) >= 11 is 1.55. The number of nitrogens with one attached hydrogen (secondary N) is 1. The molecule has 0 amide bonds. The third-order valence-corrected chi connectivity index (χ3v) is 4.76. The number of nitrogens with zero attached hydrogens (tertiary/aromatic N) is 1. The lowest BCUT2D eigenvalue weighted by Crippen LogP contribution is -2.45. The molecule has 2 heterocycles. The maximum atomic E-state index is 13.2. The predicted octanol–water partition coefficient (Wildman–Crippen LogP) is 4.40.